The van der Waals surface area contributed by atoms with Gasteiger partial charge < -0.3 is 0 Å². The van der Waals surface area contributed by atoms with E-state index >= 15 is 0 Å². The molecule has 4 aromatic carbocycles. The fraction of sp³-hybridized carbons (Fsp3) is 0.152. The molecule has 0 bridgehead atoms. The monoisotopic (exact) mass is 501 g/mol. The van der Waals surface area contributed by atoms with E-state index in [2.05, 4.69) is 62.4 Å². The Morgan fingerprint density at radius 2 is 1.30 bits per heavy atom. The van der Waals surface area contributed by atoms with E-state index in [0.29, 0.717) is 17.5 Å². The number of hydrogen-bond acceptors (Lipinski definition) is 3. The summed E-state index contributed by atoms with van der Waals surface area (Å²) in [7, 11) is 0. The maximum Gasteiger partial charge on any atom is 0.235 e. The Hall–Kier alpha value is -3.89. The van der Waals surface area contributed by atoms with Crippen LogP contribution in [0.4, 0.5) is 11.4 Å². The van der Waals surface area contributed by atoms with Crippen LogP contribution in [0, 0.1) is 13.8 Å². The fourth-order valence-electron chi connectivity index (χ4n) is 6.06. The first-order chi connectivity index (χ1) is 18.0. The van der Waals surface area contributed by atoms with Gasteiger partial charge in [0.1, 0.15) is 0 Å². The quantitative estimate of drug-likeness (QED) is 0.257. The Balaban J connectivity index is 1.77. The van der Waals surface area contributed by atoms with Crippen LogP contribution in [0.1, 0.15) is 55.7 Å². The number of thioether (sulfide) groups is 1. The molecule has 1 aliphatic carbocycles. The van der Waals surface area contributed by atoms with Gasteiger partial charge in [0, 0.05) is 17.5 Å². The van der Waals surface area contributed by atoms with Crippen molar-refractivity contribution in [1.82, 2.24) is 0 Å². The highest BCUT2D eigenvalue weighted by molar-refractivity contribution is 8.01. The lowest BCUT2D eigenvalue weighted by Crippen LogP contribution is -2.44. The predicted molar refractivity (Wildman–Crippen MR) is 152 cm³/mol. The minimum Gasteiger partial charge on any atom is -0.289 e. The molecule has 2 aliphatic rings. The van der Waals surface area contributed by atoms with Gasteiger partial charge in [-0.3, -0.25) is 14.5 Å². The first-order valence-corrected chi connectivity index (χ1v) is 13.7. The Labute approximate surface area is 221 Å². The standard InChI is InChI=1S/C33H27NO2S/c1-21-14-16-29-27(19-21)33(25-11-6-4-9-23(25)32(36)24-10-5-7-12-26(24)33)28-20-22(2)15-17-30(28)34(29)31(35)13-8-18-37-3/h4-12,14-20H,13H2,1-3H3/b18-8-. The van der Waals surface area contributed by atoms with Crippen LogP contribution in [0.25, 0.3) is 0 Å². The van der Waals surface area contributed by atoms with E-state index in [9.17, 15) is 9.59 Å². The zero-order valence-corrected chi connectivity index (χ0v) is 21.9. The van der Waals surface area contributed by atoms with Gasteiger partial charge in [0.15, 0.2) is 5.78 Å². The van der Waals surface area contributed by atoms with E-state index in [-0.39, 0.29) is 11.7 Å². The molecular formula is C33H27NO2S. The number of hydrogen-bond donors (Lipinski definition) is 0. The lowest BCUT2D eigenvalue weighted by atomic mass is 9.57. The highest BCUT2D eigenvalue weighted by atomic mass is 32.2. The second-order valence-corrected chi connectivity index (χ2v) is 10.5. The van der Waals surface area contributed by atoms with E-state index < -0.39 is 5.41 Å². The van der Waals surface area contributed by atoms with Crippen LogP contribution < -0.4 is 4.90 Å². The van der Waals surface area contributed by atoms with Crippen molar-refractivity contribution in [2.75, 3.05) is 11.2 Å². The molecule has 4 aromatic rings. The van der Waals surface area contributed by atoms with Crippen LogP contribution in [0.2, 0.25) is 0 Å². The number of fused-ring (bicyclic) bond motifs is 8. The second kappa shape index (κ2) is 8.89. The average Bonchev–Trinajstić information content (AvgIpc) is 2.91. The summed E-state index contributed by atoms with van der Waals surface area (Å²) >= 11 is 1.58. The summed E-state index contributed by atoms with van der Waals surface area (Å²) in [4.78, 5) is 29.4. The van der Waals surface area contributed by atoms with E-state index in [1.165, 1.54) is 0 Å². The van der Waals surface area contributed by atoms with E-state index in [4.69, 9.17) is 0 Å². The summed E-state index contributed by atoms with van der Waals surface area (Å²) in [5.74, 6) is 0.0600. The molecule has 0 N–H and O–H groups in total. The molecule has 1 amide bonds. The molecule has 0 saturated heterocycles. The number of anilines is 2. The number of ketones is 1. The van der Waals surface area contributed by atoms with E-state index in [1.54, 1.807) is 11.8 Å². The molecule has 0 aromatic heterocycles. The first-order valence-electron chi connectivity index (χ1n) is 12.4. The summed E-state index contributed by atoms with van der Waals surface area (Å²) in [6, 6.07) is 28.6. The van der Waals surface area contributed by atoms with E-state index in [1.807, 2.05) is 59.0 Å². The van der Waals surface area contributed by atoms with Gasteiger partial charge in [-0.05, 0) is 59.9 Å². The Morgan fingerprint density at radius 3 is 1.81 bits per heavy atom. The van der Waals surface area contributed by atoms with Gasteiger partial charge in [-0.25, -0.2) is 0 Å². The highest BCUT2D eigenvalue weighted by Crippen LogP contribution is 2.59. The number of amides is 1. The van der Waals surface area contributed by atoms with E-state index in [0.717, 1.165) is 44.8 Å². The zero-order chi connectivity index (χ0) is 25.7. The third kappa shape index (κ3) is 3.36. The van der Waals surface area contributed by atoms with Crippen molar-refractivity contribution in [3.8, 4) is 0 Å². The third-order valence-corrected chi connectivity index (χ3v) is 7.98. The summed E-state index contributed by atoms with van der Waals surface area (Å²) in [6.07, 6.45) is 4.21. The van der Waals surface area contributed by atoms with Gasteiger partial charge in [-0.15, -0.1) is 11.8 Å². The minimum absolute atomic E-state index is 0.0174. The van der Waals surface area contributed by atoms with Crippen LogP contribution >= 0.6 is 11.8 Å². The van der Waals surface area contributed by atoms with Crippen LogP contribution in [-0.4, -0.2) is 17.9 Å². The van der Waals surface area contributed by atoms with Gasteiger partial charge >= 0.3 is 0 Å². The topological polar surface area (TPSA) is 37.4 Å². The lowest BCUT2D eigenvalue weighted by molar-refractivity contribution is -0.117. The van der Waals surface area contributed by atoms with Crippen LogP contribution in [0.15, 0.2) is 96.4 Å². The molecular weight excluding hydrogens is 474 g/mol. The van der Waals surface area contributed by atoms with Crippen molar-refractivity contribution in [3.05, 3.63) is 141 Å². The predicted octanol–water partition coefficient (Wildman–Crippen LogP) is 7.48. The molecule has 1 heterocycles. The molecule has 1 spiro atoms. The molecule has 0 atom stereocenters. The summed E-state index contributed by atoms with van der Waals surface area (Å²) in [6.45, 7) is 4.16. The van der Waals surface area contributed by atoms with Crippen LogP contribution in [0.3, 0.4) is 0 Å². The molecule has 0 saturated carbocycles. The normalized spacial score (nSPS) is 14.8. The molecule has 0 unspecified atom stereocenters. The van der Waals surface area contributed by atoms with Crippen LogP contribution in [0.5, 0.6) is 0 Å². The van der Waals surface area contributed by atoms with Crippen molar-refractivity contribution in [1.29, 1.82) is 0 Å². The van der Waals surface area contributed by atoms with Crippen LogP contribution in [-0.2, 0) is 10.2 Å². The molecule has 182 valence electrons. The first kappa shape index (κ1) is 23.5. The largest absolute Gasteiger partial charge is 0.289 e. The Morgan fingerprint density at radius 1 is 0.784 bits per heavy atom. The number of carbonyl (C=O) groups is 2. The number of benzene rings is 4. The fourth-order valence-corrected chi connectivity index (χ4v) is 6.35. The highest BCUT2D eigenvalue weighted by Gasteiger charge is 2.52. The Kier molecular flexibility index (Phi) is 5.65. The smallest absolute Gasteiger partial charge is 0.235 e. The molecule has 37 heavy (non-hydrogen) atoms. The third-order valence-electron chi connectivity index (χ3n) is 7.52. The molecule has 6 rings (SSSR count). The number of rotatable bonds is 3. The number of carbonyl (C=O) groups excluding carboxylic acids is 2. The summed E-state index contributed by atoms with van der Waals surface area (Å²) in [5, 5.41) is 1.95. The second-order valence-electron chi connectivity index (χ2n) is 9.75. The number of aryl methyl sites for hydroxylation is 2. The zero-order valence-electron chi connectivity index (χ0n) is 21.1. The Bertz CT molecular complexity index is 1510. The molecule has 0 fully saturated rings. The molecule has 3 nitrogen and oxygen atoms in total. The van der Waals surface area contributed by atoms with Gasteiger partial charge in [0.2, 0.25) is 5.91 Å². The SMILES string of the molecule is CS/C=C\CC(=O)N1c2ccc(C)cc2C2(c3ccccc3C(=O)c3ccccc32)c2cc(C)ccc21. The van der Waals surface area contributed by atoms with Crippen molar-refractivity contribution >= 4 is 34.8 Å². The van der Waals surface area contributed by atoms with Gasteiger partial charge in [-0.1, -0.05) is 90.0 Å². The molecule has 0 radical (unpaired) electrons. The average molecular weight is 502 g/mol. The molecule has 4 heteroatoms. The summed E-state index contributed by atoms with van der Waals surface area (Å²) in [5.41, 5.74) is 8.63. The minimum atomic E-state index is -0.726. The van der Waals surface area contributed by atoms with Crippen molar-refractivity contribution in [3.63, 3.8) is 0 Å². The van der Waals surface area contributed by atoms with Crippen molar-refractivity contribution in [2.24, 2.45) is 0 Å². The summed E-state index contributed by atoms with van der Waals surface area (Å²) < 4.78 is 0. The maximum atomic E-state index is 13.8. The van der Waals surface area contributed by atoms with Crippen molar-refractivity contribution in [2.45, 2.75) is 25.7 Å². The lowest BCUT2D eigenvalue weighted by Gasteiger charge is -2.48. The van der Waals surface area contributed by atoms with Gasteiger partial charge in [0.05, 0.1) is 16.8 Å². The molecule has 1 aliphatic heterocycles. The maximum absolute atomic E-state index is 13.8. The van der Waals surface area contributed by atoms with Gasteiger partial charge in [-0.2, -0.15) is 0 Å². The van der Waals surface area contributed by atoms with Crippen molar-refractivity contribution < 1.29 is 9.59 Å². The number of nitrogens with zero attached hydrogens (tertiary/aromatic N) is 1. The van der Waals surface area contributed by atoms with Gasteiger partial charge in [0.25, 0.3) is 0 Å².